The Bertz CT molecular complexity index is 406. The van der Waals surface area contributed by atoms with Gasteiger partial charge in [-0.2, -0.15) is 5.10 Å². The summed E-state index contributed by atoms with van der Waals surface area (Å²) in [5.41, 5.74) is 5.21. The smallest absolute Gasteiger partial charge is 0.0850 e. The summed E-state index contributed by atoms with van der Waals surface area (Å²) in [5.74, 6) is 5.69. The Morgan fingerprint density at radius 1 is 1.37 bits per heavy atom. The number of aryl methyl sites for hydroxylation is 2. The van der Waals surface area contributed by atoms with Gasteiger partial charge in [-0.1, -0.05) is 39.3 Å². The van der Waals surface area contributed by atoms with Crippen LogP contribution in [0.2, 0.25) is 5.02 Å². The summed E-state index contributed by atoms with van der Waals surface area (Å²) in [4.78, 5) is 0. The van der Waals surface area contributed by atoms with E-state index < -0.39 is 0 Å². The molecular formula is C14H27ClN4. The lowest BCUT2D eigenvalue weighted by Crippen LogP contribution is -2.40. The Labute approximate surface area is 121 Å². The van der Waals surface area contributed by atoms with Gasteiger partial charge in [0.2, 0.25) is 0 Å². The van der Waals surface area contributed by atoms with Crippen molar-refractivity contribution in [3.05, 3.63) is 16.4 Å². The minimum atomic E-state index is 0.212. The standard InChI is InChI=1S/C14H27ClN4/c1-6-11-13(15)12(19(7-2)18-11)8-10(17-16)9-14(3,4)5/h10,17H,6-9,16H2,1-5H3. The van der Waals surface area contributed by atoms with E-state index in [2.05, 4.69) is 45.1 Å². The molecule has 4 nitrogen and oxygen atoms in total. The molecule has 0 saturated heterocycles. The van der Waals surface area contributed by atoms with Crippen molar-refractivity contribution in [2.45, 2.75) is 66.5 Å². The van der Waals surface area contributed by atoms with Gasteiger partial charge in [-0.25, -0.2) is 0 Å². The summed E-state index contributed by atoms with van der Waals surface area (Å²) >= 11 is 6.43. The first-order valence-electron chi connectivity index (χ1n) is 7.02. The van der Waals surface area contributed by atoms with Crippen molar-refractivity contribution in [3.8, 4) is 0 Å². The second-order valence-electron chi connectivity index (χ2n) is 6.21. The van der Waals surface area contributed by atoms with Crippen LogP contribution in [0.1, 0.15) is 52.4 Å². The van der Waals surface area contributed by atoms with Crippen molar-refractivity contribution >= 4 is 11.6 Å². The summed E-state index contributed by atoms with van der Waals surface area (Å²) < 4.78 is 1.99. The zero-order valence-electron chi connectivity index (χ0n) is 12.8. The zero-order chi connectivity index (χ0) is 14.6. The summed E-state index contributed by atoms with van der Waals surface area (Å²) in [6.07, 6.45) is 2.67. The minimum absolute atomic E-state index is 0.212. The van der Waals surface area contributed by atoms with Crippen LogP contribution in [0.5, 0.6) is 0 Å². The molecule has 0 amide bonds. The topological polar surface area (TPSA) is 55.9 Å². The predicted molar refractivity (Wildman–Crippen MR) is 81.2 cm³/mol. The third-order valence-electron chi connectivity index (χ3n) is 3.23. The van der Waals surface area contributed by atoms with Gasteiger partial charge in [0.25, 0.3) is 0 Å². The van der Waals surface area contributed by atoms with Crippen LogP contribution in [0.3, 0.4) is 0 Å². The molecule has 3 N–H and O–H groups in total. The van der Waals surface area contributed by atoms with Gasteiger partial charge in [-0.05, 0) is 25.2 Å². The molecule has 5 heteroatoms. The highest BCUT2D eigenvalue weighted by molar-refractivity contribution is 6.31. The molecule has 0 aliphatic carbocycles. The van der Waals surface area contributed by atoms with Crippen LogP contribution in [0.4, 0.5) is 0 Å². The first-order chi connectivity index (χ1) is 8.82. The number of halogens is 1. The van der Waals surface area contributed by atoms with Gasteiger partial charge >= 0.3 is 0 Å². The maximum atomic E-state index is 6.43. The quantitative estimate of drug-likeness (QED) is 0.624. The number of hydrogen-bond acceptors (Lipinski definition) is 3. The minimum Gasteiger partial charge on any atom is -0.271 e. The molecule has 0 bridgehead atoms. The van der Waals surface area contributed by atoms with Crippen LogP contribution < -0.4 is 11.3 Å². The van der Waals surface area contributed by atoms with Crippen molar-refractivity contribution in [1.82, 2.24) is 15.2 Å². The molecule has 0 aliphatic rings. The Morgan fingerprint density at radius 2 is 2.00 bits per heavy atom. The third kappa shape index (κ3) is 4.48. The molecule has 0 saturated carbocycles. The van der Waals surface area contributed by atoms with Crippen molar-refractivity contribution < 1.29 is 0 Å². The molecule has 0 aliphatic heterocycles. The van der Waals surface area contributed by atoms with E-state index in [-0.39, 0.29) is 11.5 Å². The largest absolute Gasteiger partial charge is 0.271 e. The highest BCUT2D eigenvalue weighted by Gasteiger charge is 2.22. The van der Waals surface area contributed by atoms with Crippen LogP contribution in [0.25, 0.3) is 0 Å². The number of nitrogens with zero attached hydrogens (tertiary/aromatic N) is 2. The fourth-order valence-electron chi connectivity index (χ4n) is 2.37. The first-order valence-corrected chi connectivity index (χ1v) is 7.40. The fourth-order valence-corrected chi connectivity index (χ4v) is 2.72. The van der Waals surface area contributed by atoms with Gasteiger partial charge in [0, 0.05) is 19.0 Å². The molecule has 1 atom stereocenters. The maximum absolute atomic E-state index is 6.43. The second kappa shape index (κ2) is 6.73. The van der Waals surface area contributed by atoms with Crippen LogP contribution >= 0.6 is 11.6 Å². The summed E-state index contributed by atoms with van der Waals surface area (Å²) in [6, 6.07) is 0.212. The Morgan fingerprint density at radius 3 is 2.42 bits per heavy atom. The third-order valence-corrected chi connectivity index (χ3v) is 3.66. The van der Waals surface area contributed by atoms with Crippen LogP contribution in [0.15, 0.2) is 0 Å². The normalized spacial score (nSPS) is 13.8. The number of hydrogen-bond donors (Lipinski definition) is 2. The SMILES string of the molecule is CCc1nn(CC)c(CC(CC(C)(C)C)NN)c1Cl. The van der Waals surface area contributed by atoms with Gasteiger partial charge in [-0.15, -0.1) is 0 Å². The highest BCUT2D eigenvalue weighted by atomic mass is 35.5. The van der Waals surface area contributed by atoms with E-state index in [1.807, 2.05) is 4.68 Å². The molecule has 1 unspecified atom stereocenters. The molecule has 19 heavy (non-hydrogen) atoms. The molecule has 0 aromatic carbocycles. The van der Waals surface area contributed by atoms with Gasteiger partial charge in [0.05, 0.1) is 16.4 Å². The van der Waals surface area contributed by atoms with E-state index in [4.69, 9.17) is 17.4 Å². The van der Waals surface area contributed by atoms with Gasteiger partial charge < -0.3 is 0 Å². The van der Waals surface area contributed by atoms with E-state index in [1.165, 1.54) is 0 Å². The van der Waals surface area contributed by atoms with Gasteiger partial charge in [-0.3, -0.25) is 16.0 Å². The van der Waals surface area contributed by atoms with Gasteiger partial charge in [0.1, 0.15) is 0 Å². The monoisotopic (exact) mass is 286 g/mol. The average Bonchev–Trinajstić information content (AvgIpc) is 2.63. The molecule has 110 valence electrons. The Hall–Kier alpha value is -0.580. The first kappa shape index (κ1) is 16.5. The molecule has 1 aromatic heterocycles. The number of aromatic nitrogens is 2. The summed E-state index contributed by atoms with van der Waals surface area (Å²) in [5, 5.41) is 5.35. The maximum Gasteiger partial charge on any atom is 0.0850 e. The van der Waals surface area contributed by atoms with E-state index in [0.29, 0.717) is 0 Å². The van der Waals surface area contributed by atoms with E-state index in [0.717, 1.165) is 42.2 Å². The van der Waals surface area contributed by atoms with Crippen molar-refractivity contribution in [2.75, 3.05) is 0 Å². The fraction of sp³-hybridized carbons (Fsp3) is 0.786. The van der Waals surface area contributed by atoms with Gasteiger partial charge in [0.15, 0.2) is 0 Å². The van der Waals surface area contributed by atoms with Crippen molar-refractivity contribution in [1.29, 1.82) is 0 Å². The Kier molecular flexibility index (Phi) is 5.83. The molecule has 1 aromatic rings. The molecule has 0 radical (unpaired) electrons. The lowest BCUT2D eigenvalue weighted by atomic mass is 9.87. The molecule has 1 rings (SSSR count). The molecule has 0 spiro atoms. The lowest BCUT2D eigenvalue weighted by Gasteiger charge is -2.25. The Balaban J connectivity index is 2.93. The van der Waals surface area contributed by atoms with E-state index in [1.54, 1.807) is 0 Å². The van der Waals surface area contributed by atoms with Crippen molar-refractivity contribution in [3.63, 3.8) is 0 Å². The molecular weight excluding hydrogens is 260 g/mol. The van der Waals surface area contributed by atoms with E-state index >= 15 is 0 Å². The van der Waals surface area contributed by atoms with Crippen LogP contribution in [-0.2, 0) is 19.4 Å². The number of rotatable bonds is 6. The number of nitrogens with two attached hydrogens (primary N) is 1. The summed E-state index contributed by atoms with van der Waals surface area (Å²) in [7, 11) is 0. The average molecular weight is 287 g/mol. The highest BCUT2D eigenvalue weighted by Crippen LogP contribution is 2.26. The zero-order valence-corrected chi connectivity index (χ0v) is 13.5. The molecule has 0 fully saturated rings. The van der Waals surface area contributed by atoms with Crippen molar-refractivity contribution in [2.24, 2.45) is 11.3 Å². The molecule has 1 heterocycles. The number of hydrazine groups is 1. The second-order valence-corrected chi connectivity index (χ2v) is 6.59. The van der Waals surface area contributed by atoms with Crippen LogP contribution in [-0.4, -0.2) is 15.8 Å². The predicted octanol–water partition coefficient (Wildman–Crippen LogP) is 2.93. The number of nitrogens with one attached hydrogen (secondary N) is 1. The van der Waals surface area contributed by atoms with Crippen LogP contribution in [0, 0.1) is 5.41 Å². The lowest BCUT2D eigenvalue weighted by molar-refractivity contribution is 0.305. The summed E-state index contributed by atoms with van der Waals surface area (Å²) in [6.45, 7) is 11.6. The van der Waals surface area contributed by atoms with E-state index in [9.17, 15) is 0 Å².